The van der Waals surface area contributed by atoms with Crippen molar-refractivity contribution in [1.82, 2.24) is 4.90 Å². The molecule has 4 heteroatoms. The van der Waals surface area contributed by atoms with Crippen LogP contribution in [0.1, 0.15) is 28.1 Å². The zero-order chi connectivity index (χ0) is 13.2. The van der Waals surface area contributed by atoms with Gasteiger partial charge in [-0.2, -0.15) is 0 Å². The van der Waals surface area contributed by atoms with Gasteiger partial charge in [0.05, 0.1) is 12.1 Å². The standard InChI is InChI=1S/C15H14FNOS/c16-14-6-2-1-5-13(14)15(18)17(11-7-8-11)10-12-4-3-9-19-12/h1-6,9,11H,7-8,10H2. The topological polar surface area (TPSA) is 20.3 Å². The summed E-state index contributed by atoms with van der Waals surface area (Å²) in [4.78, 5) is 15.4. The predicted octanol–water partition coefficient (Wildman–Crippen LogP) is 3.69. The molecule has 1 aliphatic rings. The second-order valence-corrected chi connectivity index (χ2v) is 5.76. The van der Waals surface area contributed by atoms with E-state index in [2.05, 4.69) is 0 Å². The van der Waals surface area contributed by atoms with E-state index in [-0.39, 0.29) is 17.5 Å². The van der Waals surface area contributed by atoms with Crippen LogP contribution in [0.25, 0.3) is 0 Å². The second-order valence-electron chi connectivity index (χ2n) is 4.72. The molecule has 0 N–H and O–H groups in total. The predicted molar refractivity (Wildman–Crippen MR) is 73.6 cm³/mol. The summed E-state index contributed by atoms with van der Waals surface area (Å²) in [7, 11) is 0. The van der Waals surface area contributed by atoms with Crippen LogP contribution in [0.2, 0.25) is 0 Å². The van der Waals surface area contributed by atoms with Crippen molar-refractivity contribution in [2.75, 3.05) is 0 Å². The Hall–Kier alpha value is -1.68. The van der Waals surface area contributed by atoms with E-state index in [1.165, 1.54) is 6.07 Å². The van der Waals surface area contributed by atoms with Gasteiger partial charge in [-0.3, -0.25) is 4.79 Å². The molecule has 1 saturated carbocycles. The van der Waals surface area contributed by atoms with Crippen molar-refractivity contribution in [2.45, 2.75) is 25.4 Å². The van der Waals surface area contributed by atoms with Crippen LogP contribution in [0.5, 0.6) is 0 Å². The molecular weight excluding hydrogens is 261 g/mol. The Labute approximate surface area is 115 Å². The lowest BCUT2D eigenvalue weighted by molar-refractivity contribution is 0.0727. The number of carbonyl (C=O) groups excluding carboxylic acids is 1. The molecule has 0 unspecified atom stereocenters. The smallest absolute Gasteiger partial charge is 0.257 e. The number of halogens is 1. The average molecular weight is 275 g/mol. The van der Waals surface area contributed by atoms with Crippen LogP contribution in [0, 0.1) is 5.82 Å². The fraction of sp³-hybridized carbons (Fsp3) is 0.267. The fourth-order valence-corrected chi connectivity index (χ4v) is 2.82. The Bertz CT molecular complexity index is 578. The van der Waals surface area contributed by atoms with Gasteiger partial charge in [0, 0.05) is 10.9 Å². The molecule has 0 saturated heterocycles. The molecule has 1 aromatic carbocycles. The van der Waals surface area contributed by atoms with Crippen LogP contribution >= 0.6 is 11.3 Å². The number of amides is 1. The first kappa shape index (κ1) is 12.4. The highest BCUT2D eigenvalue weighted by molar-refractivity contribution is 7.09. The summed E-state index contributed by atoms with van der Waals surface area (Å²) >= 11 is 1.63. The van der Waals surface area contributed by atoms with Crippen molar-refractivity contribution >= 4 is 17.2 Å². The number of benzene rings is 1. The van der Waals surface area contributed by atoms with Gasteiger partial charge in [-0.25, -0.2) is 4.39 Å². The highest BCUT2D eigenvalue weighted by Crippen LogP contribution is 2.31. The lowest BCUT2D eigenvalue weighted by atomic mass is 10.2. The van der Waals surface area contributed by atoms with E-state index in [1.54, 1.807) is 34.4 Å². The quantitative estimate of drug-likeness (QED) is 0.833. The number of hydrogen-bond acceptors (Lipinski definition) is 2. The average Bonchev–Trinajstić information content (AvgIpc) is 3.13. The molecule has 19 heavy (non-hydrogen) atoms. The minimum Gasteiger partial charge on any atom is -0.330 e. The van der Waals surface area contributed by atoms with Gasteiger partial charge >= 0.3 is 0 Å². The Morgan fingerprint density at radius 1 is 1.26 bits per heavy atom. The van der Waals surface area contributed by atoms with Crippen LogP contribution < -0.4 is 0 Å². The van der Waals surface area contributed by atoms with E-state index < -0.39 is 5.82 Å². The minimum atomic E-state index is -0.440. The summed E-state index contributed by atoms with van der Waals surface area (Å²) in [6.07, 6.45) is 2.04. The third-order valence-corrected chi connectivity index (χ3v) is 4.12. The molecule has 0 aliphatic heterocycles. The molecule has 0 atom stereocenters. The number of thiophene rings is 1. The fourth-order valence-electron chi connectivity index (χ4n) is 2.11. The number of nitrogens with zero attached hydrogens (tertiary/aromatic N) is 1. The third kappa shape index (κ3) is 2.68. The molecule has 2 nitrogen and oxygen atoms in total. The Morgan fingerprint density at radius 2 is 2.05 bits per heavy atom. The summed E-state index contributed by atoms with van der Waals surface area (Å²) in [5.74, 6) is -0.640. The van der Waals surface area contributed by atoms with Gasteiger partial charge in [-0.1, -0.05) is 18.2 Å². The molecule has 0 bridgehead atoms. The van der Waals surface area contributed by atoms with Crippen LogP contribution in [-0.4, -0.2) is 16.8 Å². The zero-order valence-corrected chi connectivity index (χ0v) is 11.2. The SMILES string of the molecule is O=C(c1ccccc1F)N(Cc1cccs1)C1CC1. The largest absolute Gasteiger partial charge is 0.330 e. The van der Waals surface area contributed by atoms with Gasteiger partial charge in [0.15, 0.2) is 0 Å². The molecule has 1 aliphatic carbocycles. The maximum Gasteiger partial charge on any atom is 0.257 e. The van der Waals surface area contributed by atoms with E-state index in [9.17, 15) is 9.18 Å². The normalized spacial score (nSPS) is 14.4. The lowest BCUT2D eigenvalue weighted by Gasteiger charge is -2.22. The highest BCUT2D eigenvalue weighted by Gasteiger charge is 2.34. The van der Waals surface area contributed by atoms with Gasteiger partial charge in [0.2, 0.25) is 0 Å². The molecule has 2 aromatic rings. The maximum absolute atomic E-state index is 13.7. The van der Waals surface area contributed by atoms with E-state index in [0.717, 1.165) is 17.7 Å². The summed E-state index contributed by atoms with van der Waals surface area (Å²) in [5.41, 5.74) is 0.172. The van der Waals surface area contributed by atoms with E-state index in [4.69, 9.17) is 0 Å². The first-order chi connectivity index (χ1) is 9.25. The minimum absolute atomic E-state index is 0.172. The van der Waals surface area contributed by atoms with Crippen molar-refractivity contribution < 1.29 is 9.18 Å². The van der Waals surface area contributed by atoms with Crippen molar-refractivity contribution in [2.24, 2.45) is 0 Å². The van der Waals surface area contributed by atoms with E-state index in [1.807, 2.05) is 17.5 Å². The molecule has 0 radical (unpaired) electrons. The molecule has 1 fully saturated rings. The lowest BCUT2D eigenvalue weighted by Crippen LogP contribution is -2.32. The number of hydrogen-bond donors (Lipinski definition) is 0. The van der Waals surface area contributed by atoms with Crippen LogP contribution in [-0.2, 0) is 6.54 Å². The van der Waals surface area contributed by atoms with Gasteiger partial charge < -0.3 is 4.90 Å². The van der Waals surface area contributed by atoms with Crippen LogP contribution in [0.15, 0.2) is 41.8 Å². The molecule has 98 valence electrons. The van der Waals surface area contributed by atoms with E-state index in [0.29, 0.717) is 6.54 Å². The highest BCUT2D eigenvalue weighted by atomic mass is 32.1. The first-order valence-corrected chi connectivity index (χ1v) is 7.21. The number of carbonyl (C=O) groups is 1. The first-order valence-electron chi connectivity index (χ1n) is 6.33. The summed E-state index contributed by atoms with van der Waals surface area (Å²) < 4.78 is 13.7. The van der Waals surface area contributed by atoms with Crippen molar-refractivity contribution in [3.05, 3.63) is 58.0 Å². The van der Waals surface area contributed by atoms with E-state index >= 15 is 0 Å². The summed E-state index contributed by atoms with van der Waals surface area (Å²) in [5, 5.41) is 1.99. The third-order valence-electron chi connectivity index (χ3n) is 3.26. The molecular formula is C15H14FNOS. The molecule has 3 rings (SSSR count). The monoisotopic (exact) mass is 275 g/mol. The van der Waals surface area contributed by atoms with Crippen molar-refractivity contribution in [3.63, 3.8) is 0 Å². The Balaban J connectivity index is 1.84. The Morgan fingerprint density at radius 3 is 2.68 bits per heavy atom. The van der Waals surface area contributed by atoms with Crippen molar-refractivity contribution in [1.29, 1.82) is 0 Å². The zero-order valence-electron chi connectivity index (χ0n) is 10.4. The molecule has 0 spiro atoms. The summed E-state index contributed by atoms with van der Waals surface area (Å²) in [6, 6.07) is 10.5. The molecule has 1 aromatic heterocycles. The second kappa shape index (κ2) is 5.13. The maximum atomic E-state index is 13.7. The Kier molecular flexibility index (Phi) is 3.34. The molecule has 1 heterocycles. The van der Waals surface area contributed by atoms with Crippen LogP contribution in [0.3, 0.4) is 0 Å². The van der Waals surface area contributed by atoms with Gasteiger partial charge in [0.25, 0.3) is 5.91 Å². The van der Waals surface area contributed by atoms with Gasteiger partial charge in [0.1, 0.15) is 5.82 Å². The van der Waals surface area contributed by atoms with Gasteiger partial charge in [-0.15, -0.1) is 11.3 Å². The summed E-state index contributed by atoms with van der Waals surface area (Å²) in [6.45, 7) is 0.579. The number of rotatable bonds is 4. The van der Waals surface area contributed by atoms with Crippen molar-refractivity contribution in [3.8, 4) is 0 Å². The van der Waals surface area contributed by atoms with Crippen LogP contribution in [0.4, 0.5) is 4.39 Å². The molecule has 1 amide bonds. The van der Waals surface area contributed by atoms with Gasteiger partial charge in [-0.05, 0) is 36.4 Å².